The molecule has 78 valence electrons. The van der Waals surface area contributed by atoms with Crippen LogP contribution in [-0.2, 0) is 0 Å². The fourth-order valence-corrected chi connectivity index (χ4v) is 2.55. The van der Waals surface area contributed by atoms with Crippen LogP contribution in [0.25, 0.3) is 0 Å². The van der Waals surface area contributed by atoms with E-state index >= 15 is 0 Å². The highest BCUT2D eigenvalue weighted by Gasteiger charge is 2.21. The van der Waals surface area contributed by atoms with Gasteiger partial charge in [-0.1, -0.05) is 0 Å². The zero-order valence-electron chi connectivity index (χ0n) is 8.16. The Morgan fingerprint density at radius 3 is 2.64 bits per heavy atom. The monoisotopic (exact) mass is 215 g/mol. The van der Waals surface area contributed by atoms with Crippen molar-refractivity contribution in [3.8, 4) is 0 Å². The van der Waals surface area contributed by atoms with Crippen LogP contribution >= 0.6 is 11.5 Å². The van der Waals surface area contributed by atoms with Crippen LogP contribution in [0.15, 0.2) is 0 Å². The van der Waals surface area contributed by atoms with Gasteiger partial charge >= 0.3 is 0 Å². The SMILES string of the molecule is Cc1c(N)nsc1N1CCC(F)CC1. The lowest BCUT2D eigenvalue weighted by molar-refractivity contribution is 0.277. The highest BCUT2D eigenvalue weighted by Crippen LogP contribution is 2.31. The van der Waals surface area contributed by atoms with Crippen molar-refractivity contribution in [2.24, 2.45) is 0 Å². The summed E-state index contributed by atoms with van der Waals surface area (Å²) in [6.45, 7) is 3.53. The number of alkyl halides is 1. The molecule has 5 heteroatoms. The van der Waals surface area contributed by atoms with Gasteiger partial charge in [0.05, 0.1) is 0 Å². The van der Waals surface area contributed by atoms with E-state index in [4.69, 9.17) is 5.73 Å². The summed E-state index contributed by atoms with van der Waals surface area (Å²) in [6.07, 6.45) is 0.617. The number of nitrogen functional groups attached to an aromatic ring is 1. The largest absolute Gasteiger partial charge is 0.383 e. The van der Waals surface area contributed by atoms with Crippen LogP contribution in [-0.4, -0.2) is 23.6 Å². The lowest BCUT2D eigenvalue weighted by atomic mass is 10.1. The topological polar surface area (TPSA) is 42.1 Å². The Kier molecular flexibility index (Phi) is 2.58. The van der Waals surface area contributed by atoms with Gasteiger partial charge in [-0.15, -0.1) is 0 Å². The van der Waals surface area contributed by atoms with Crippen molar-refractivity contribution in [3.05, 3.63) is 5.56 Å². The lowest BCUT2D eigenvalue weighted by Crippen LogP contribution is -2.34. The van der Waals surface area contributed by atoms with Crippen molar-refractivity contribution < 1.29 is 4.39 Å². The van der Waals surface area contributed by atoms with Crippen molar-refractivity contribution in [2.75, 3.05) is 23.7 Å². The number of piperidine rings is 1. The molecule has 2 N–H and O–H groups in total. The summed E-state index contributed by atoms with van der Waals surface area (Å²) in [6, 6.07) is 0. The molecule has 0 radical (unpaired) electrons. The Morgan fingerprint density at radius 2 is 2.14 bits per heavy atom. The van der Waals surface area contributed by atoms with Gasteiger partial charge in [-0.2, -0.15) is 4.37 Å². The van der Waals surface area contributed by atoms with E-state index < -0.39 is 6.17 Å². The first kappa shape index (κ1) is 9.71. The fourth-order valence-electron chi connectivity index (χ4n) is 1.68. The van der Waals surface area contributed by atoms with Gasteiger partial charge in [-0.25, -0.2) is 4.39 Å². The molecule has 0 amide bonds. The van der Waals surface area contributed by atoms with Crippen LogP contribution in [0, 0.1) is 6.92 Å². The molecular weight excluding hydrogens is 201 g/mol. The molecule has 1 aliphatic rings. The van der Waals surface area contributed by atoms with Crippen molar-refractivity contribution in [1.29, 1.82) is 0 Å². The Labute approximate surface area is 86.9 Å². The van der Waals surface area contributed by atoms with Crippen molar-refractivity contribution in [2.45, 2.75) is 25.9 Å². The number of rotatable bonds is 1. The molecule has 0 bridgehead atoms. The quantitative estimate of drug-likeness (QED) is 0.778. The molecule has 1 fully saturated rings. The average Bonchev–Trinajstić information content (AvgIpc) is 2.50. The van der Waals surface area contributed by atoms with Crippen molar-refractivity contribution in [3.63, 3.8) is 0 Å². The molecule has 0 saturated carbocycles. The molecule has 2 heterocycles. The Balaban J connectivity index is 2.12. The summed E-state index contributed by atoms with van der Waals surface area (Å²) in [7, 11) is 0. The first-order valence-electron chi connectivity index (χ1n) is 4.79. The van der Waals surface area contributed by atoms with Crippen LogP contribution in [0.4, 0.5) is 15.2 Å². The second kappa shape index (κ2) is 3.73. The summed E-state index contributed by atoms with van der Waals surface area (Å²) < 4.78 is 17.0. The van der Waals surface area contributed by atoms with Gasteiger partial charge in [0, 0.05) is 18.7 Å². The maximum Gasteiger partial charge on any atom is 0.142 e. The zero-order chi connectivity index (χ0) is 10.1. The minimum Gasteiger partial charge on any atom is -0.383 e. The smallest absolute Gasteiger partial charge is 0.142 e. The molecule has 1 aromatic rings. The summed E-state index contributed by atoms with van der Waals surface area (Å²) in [4.78, 5) is 2.18. The van der Waals surface area contributed by atoms with Crippen LogP contribution in [0.5, 0.6) is 0 Å². The molecule has 0 atom stereocenters. The first-order valence-corrected chi connectivity index (χ1v) is 5.56. The van der Waals surface area contributed by atoms with Gasteiger partial charge in [0.1, 0.15) is 17.0 Å². The first-order chi connectivity index (χ1) is 6.68. The predicted molar refractivity (Wildman–Crippen MR) is 57.6 cm³/mol. The Morgan fingerprint density at radius 1 is 1.50 bits per heavy atom. The maximum atomic E-state index is 12.9. The number of hydrogen-bond donors (Lipinski definition) is 1. The van der Waals surface area contributed by atoms with Crippen LogP contribution < -0.4 is 10.6 Å². The van der Waals surface area contributed by atoms with E-state index in [0.717, 1.165) is 23.7 Å². The van der Waals surface area contributed by atoms with Gasteiger partial charge in [0.2, 0.25) is 0 Å². The third-order valence-electron chi connectivity index (χ3n) is 2.65. The molecule has 1 saturated heterocycles. The molecular formula is C9H14FN3S. The summed E-state index contributed by atoms with van der Waals surface area (Å²) >= 11 is 1.41. The highest BCUT2D eigenvalue weighted by molar-refractivity contribution is 7.10. The molecule has 14 heavy (non-hydrogen) atoms. The van der Waals surface area contributed by atoms with Gasteiger partial charge in [0.25, 0.3) is 0 Å². The number of hydrogen-bond acceptors (Lipinski definition) is 4. The second-order valence-electron chi connectivity index (χ2n) is 3.66. The Hall–Kier alpha value is -0.840. The minimum absolute atomic E-state index is 0.604. The second-order valence-corrected chi connectivity index (χ2v) is 4.41. The summed E-state index contributed by atoms with van der Waals surface area (Å²) in [5.74, 6) is 0.604. The maximum absolute atomic E-state index is 12.9. The normalized spacial score (nSPS) is 18.9. The molecule has 1 aliphatic heterocycles. The highest BCUT2D eigenvalue weighted by atomic mass is 32.1. The van der Waals surface area contributed by atoms with Crippen LogP contribution in [0.1, 0.15) is 18.4 Å². The molecule has 1 aromatic heterocycles. The van der Waals surface area contributed by atoms with Gasteiger partial charge in [-0.05, 0) is 31.3 Å². The molecule has 0 aliphatic carbocycles. The number of nitrogens with zero attached hydrogens (tertiary/aromatic N) is 2. The van der Waals surface area contributed by atoms with E-state index in [9.17, 15) is 4.39 Å². The lowest BCUT2D eigenvalue weighted by Gasteiger charge is -2.29. The van der Waals surface area contributed by atoms with Gasteiger partial charge < -0.3 is 10.6 Å². The number of anilines is 2. The van der Waals surface area contributed by atoms with Gasteiger partial charge in [-0.3, -0.25) is 0 Å². The Bertz CT molecular complexity index is 318. The number of nitrogens with two attached hydrogens (primary N) is 1. The fraction of sp³-hybridized carbons (Fsp3) is 0.667. The van der Waals surface area contributed by atoms with E-state index in [2.05, 4.69) is 9.27 Å². The van der Waals surface area contributed by atoms with Crippen molar-refractivity contribution >= 4 is 22.4 Å². The van der Waals surface area contributed by atoms with E-state index in [1.807, 2.05) is 6.92 Å². The van der Waals surface area contributed by atoms with Crippen molar-refractivity contribution in [1.82, 2.24) is 4.37 Å². The number of aromatic nitrogens is 1. The van der Waals surface area contributed by atoms with Crippen LogP contribution in [0.3, 0.4) is 0 Å². The number of halogens is 1. The molecule has 0 aromatic carbocycles. The molecule has 3 nitrogen and oxygen atoms in total. The zero-order valence-corrected chi connectivity index (χ0v) is 8.98. The standard InChI is InChI=1S/C9H14FN3S/c1-6-8(11)12-14-9(6)13-4-2-7(10)3-5-13/h7H,2-5H2,1H3,(H2,11,12). The van der Waals surface area contributed by atoms with E-state index in [0.29, 0.717) is 18.7 Å². The molecule has 0 unspecified atom stereocenters. The molecule has 2 rings (SSSR count). The average molecular weight is 215 g/mol. The van der Waals surface area contributed by atoms with E-state index in [-0.39, 0.29) is 0 Å². The van der Waals surface area contributed by atoms with Crippen LogP contribution in [0.2, 0.25) is 0 Å². The van der Waals surface area contributed by atoms with Gasteiger partial charge in [0.15, 0.2) is 0 Å². The third-order valence-corrected chi connectivity index (χ3v) is 3.67. The van der Waals surface area contributed by atoms with E-state index in [1.165, 1.54) is 11.5 Å². The molecule has 0 spiro atoms. The summed E-state index contributed by atoms with van der Waals surface area (Å²) in [5.41, 5.74) is 6.71. The predicted octanol–water partition coefficient (Wildman–Crippen LogP) is 1.97. The minimum atomic E-state index is -0.628. The summed E-state index contributed by atoms with van der Waals surface area (Å²) in [5, 5.41) is 1.11. The van der Waals surface area contributed by atoms with E-state index in [1.54, 1.807) is 0 Å². The third kappa shape index (κ3) is 1.68.